The molecule has 0 radical (unpaired) electrons. The minimum atomic E-state index is -0.313. The van der Waals surface area contributed by atoms with Crippen molar-refractivity contribution in [3.05, 3.63) is 54.6 Å². The van der Waals surface area contributed by atoms with E-state index in [9.17, 15) is 4.79 Å². The summed E-state index contributed by atoms with van der Waals surface area (Å²) < 4.78 is 1.12. The van der Waals surface area contributed by atoms with Gasteiger partial charge in [0.25, 0.3) is 0 Å². The lowest BCUT2D eigenvalue weighted by molar-refractivity contribution is -0.121. The number of rotatable bonds is 7. The molecular weight excluding hydrogens is 338 g/mol. The Kier molecular flexibility index (Phi) is 5.72. The summed E-state index contributed by atoms with van der Waals surface area (Å²) >= 11 is 3.30. The number of aromatic nitrogens is 1. The summed E-state index contributed by atoms with van der Waals surface area (Å²) in [5.74, 6) is 0.840. The second-order valence-electron chi connectivity index (χ2n) is 5.31. The van der Waals surface area contributed by atoms with E-state index in [0.29, 0.717) is 6.54 Å². The lowest BCUT2D eigenvalue weighted by Gasteiger charge is -2.13. The van der Waals surface area contributed by atoms with Crippen molar-refractivity contribution in [3.8, 4) is 0 Å². The number of anilines is 1. The Labute approximate surface area is 149 Å². The van der Waals surface area contributed by atoms with Crippen molar-refractivity contribution in [2.75, 3.05) is 17.6 Å². The van der Waals surface area contributed by atoms with Crippen molar-refractivity contribution in [1.82, 2.24) is 10.3 Å². The summed E-state index contributed by atoms with van der Waals surface area (Å²) in [6.07, 6.45) is 0. The van der Waals surface area contributed by atoms with Gasteiger partial charge in [-0.3, -0.25) is 4.79 Å². The zero-order chi connectivity index (χ0) is 16.8. The van der Waals surface area contributed by atoms with Gasteiger partial charge in [0, 0.05) is 17.2 Å². The van der Waals surface area contributed by atoms with Crippen LogP contribution in [0.2, 0.25) is 0 Å². The van der Waals surface area contributed by atoms with Crippen molar-refractivity contribution < 1.29 is 4.79 Å². The van der Waals surface area contributed by atoms with E-state index in [2.05, 4.69) is 27.8 Å². The molecule has 0 spiro atoms. The van der Waals surface area contributed by atoms with E-state index in [1.165, 1.54) is 4.90 Å². The number of amides is 1. The number of nitrogens with zero attached hydrogens (tertiary/aromatic N) is 1. The largest absolute Gasteiger partial charge is 0.353 e. The molecule has 0 aliphatic carbocycles. The van der Waals surface area contributed by atoms with Gasteiger partial charge in [0.1, 0.15) is 6.04 Å². The van der Waals surface area contributed by atoms with Crippen LogP contribution in [0.25, 0.3) is 10.2 Å². The molecule has 2 N–H and O–H groups in total. The normalized spacial score (nSPS) is 12.0. The number of para-hydroxylation sites is 1. The van der Waals surface area contributed by atoms with Crippen molar-refractivity contribution in [3.63, 3.8) is 0 Å². The maximum absolute atomic E-state index is 12.2. The molecule has 3 aromatic rings. The third-order valence-electron chi connectivity index (χ3n) is 3.44. The van der Waals surface area contributed by atoms with Crippen LogP contribution < -0.4 is 10.6 Å². The first kappa shape index (κ1) is 16.8. The highest BCUT2D eigenvalue weighted by molar-refractivity contribution is 7.99. The number of benzene rings is 2. The molecule has 1 aromatic heterocycles. The average Bonchev–Trinajstić information content (AvgIpc) is 3.01. The smallest absolute Gasteiger partial charge is 0.242 e. The van der Waals surface area contributed by atoms with Crippen LogP contribution in [0.5, 0.6) is 0 Å². The van der Waals surface area contributed by atoms with Gasteiger partial charge >= 0.3 is 0 Å². The molecule has 1 amide bonds. The van der Waals surface area contributed by atoms with Crippen LogP contribution in [0.3, 0.4) is 0 Å². The van der Waals surface area contributed by atoms with Crippen LogP contribution in [0.15, 0.2) is 59.5 Å². The minimum absolute atomic E-state index is 0.0112. The molecule has 0 aliphatic heterocycles. The fourth-order valence-electron chi connectivity index (χ4n) is 2.20. The minimum Gasteiger partial charge on any atom is -0.353 e. The number of fused-ring (bicyclic) bond motifs is 1. The van der Waals surface area contributed by atoms with Gasteiger partial charge in [-0.15, -0.1) is 11.8 Å². The molecule has 0 saturated carbocycles. The molecule has 0 bridgehead atoms. The molecule has 24 heavy (non-hydrogen) atoms. The highest BCUT2D eigenvalue weighted by Crippen LogP contribution is 2.25. The highest BCUT2D eigenvalue weighted by Gasteiger charge is 2.14. The van der Waals surface area contributed by atoms with Gasteiger partial charge in [-0.25, -0.2) is 4.98 Å². The van der Waals surface area contributed by atoms with Gasteiger partial charge in [0.2, 0.25) is 5.91 Å². The first-order valence-corrected chi connectivity index (χ1v) is 9.60. The zero-order valence-corrected chi connectivity index (χ0v) is 15.0. The number of thiazole rings is 1. The summed E-state index contributed by atoms with van der Waals surface area (Å²) in [7, 11) is 0. The summed E-state index contributed by atoms with van der Waals surface area (Å²) in [4.78, 5) is 17.9. The van der Waals surface area contributed by atoms with Crippen molar-refractivity contribution in [1.29, 1.82) is 0 Å². The topological polar surface area (TPSA) is 54.0 Å². The van der Waals surface area contributed by atoms with E-state index in [4.69, 9.17) is 0 Å². The van der Waals surface area contributed by atoms with Gasteiger partial charge in [0.05, 0.1) is 10.2 Å². The monoisotopic (exact) mass is 357 g/mol. The van der Waals surface area contributed by atoms with Gasteiger partial charge in [-0.05, 0) is 31.2 Å². The molecule has 1 heterocycles. The Balaban J connectivity index is 1.44. The lowest BCUT2D eigenvalue weighted by Crippen LogP contribution is -2.38. The number of nitrogens with one attached hydrogen (secondary N) is 2. The summed E-state index contributed by atoms with van der Waals surface area (Å²) in [6, 6.07) is 17.8. The quantitative estimate of drug-likeness (QED) is 0.496. The predicted molar refractivity (Wildman–Crippen MR) is 103 cm³/mol. The van der Waals surface area contributed by atoms with Crippen LogP contribution >= 0.6 is 23.1 Å². The molecule has 0 unspecified atom stereocenters. The Morgan fingerprint density at radius 3 is 2.71 bits per heavy atom. The number of hydrogen-bond acceptors (Lipinski definition) is 5. The van der Waals surface area contributed by atoms with E-state index >= 15 is 0 Å². The van der Waals surface area contributed by atoms with Gasteiger partial charge < -0.3 is 10.6 Å². The SMILES string of the molecule is C[C@H](Nc1nc2ccccc2s1)C(=O)NCCSc1ccccc1. The first-order chi connectivity index (χ1) is 11.7. The molecule has 124 valence electrons. The van der Waals surface area contributed by atoms with E-state index < -0.39 is 0 Å². The second-order valence-corrected chi connectivity index (χ2v) is 7.50. The van der Waals surface area contributed by atoms with Crippen molar-refractivity contribution in [2.45, 2.75) is 17.9 Å². The fourth-order valence-corrected chi connectivity index (χ4v) is 3.94. The maximum atomic E-state index is 12.2. The molecule has 0 saturated heterocycles. The standard InChI is InChI=1S/C18H19N3OS2/c1-13(20-18-21-15-9-5-6-10-16(15)24-18)17(22)19-11-12-23-14-7-3-2-4-8-14/h2-10,13H,11-12H2,1H3,(H,19,22)(H,20,21)/t13-/m0/s1. The number of hydrogen-bond donors (Lipinski definition) is 2. The zero-order valence-electron chi connectivity index (χ0n) is 13.4. The van der Waals surface area contributed by atoms with Crippen LogP contribution in [0.1, 0.15) is 6.92 Å². The molecule has 2 aromatic carbocycles. The van der Waals surface area contributed by atoms with Gasteiger partial charge in [-0.2, -0.15) is 0 Å². The predicted octanol–water partition coefficient (Wildman–Crippen LogP) is 4.01. The van der Waals surface area contributed by atoms with Crippen LogP contribution in [0, 0.1) is 0 Å². The van der Waals surface area contributed by atoms with Crippen LogP contribution in [-0.4, -0.2) is 29.2 Å². The van der Waals surface area contributed by atoms with Crippen molar-refractivity contribution >= 4 is 44.4 Å². The molecule has 0 aliphatic rings. The highest BCUT2D eigenvalue weighted by atomic mass is 32.2. The Morgan fingerprint density at radius 1 is 1.17 bits per heavy atom. The van der Waals surface area contributed by atoms with E-state index in [1.54, 1.807) is 23.1 Å². The number of carbonyl (C=O) groups excluding carboxylic acids is 1. The van der Waals surface area contributed by atoms with Gasteiger partial charge in [-0.1, -0.05) is 41.7 Å². The van der Waals surface area contributed by atoms with Crippen molar-refractivity contribution in [2.24, 2.45) is 0 Å². The maximum Gasteiger partial charge on any atom is 0.242 e. The third-order valence-corrected chi connectivity index (χ3v) is 5.42. The van der Waals surface area contributed by atoms with Crippen LogP contribution in [-0.2, 0) is 4.79 Å². The molecular formula is C18H19N3OS2. The summed E-state index contributed by atoms with van der Waals surface area (Å²) in [5.41, 5.74) is 0.955. The third kappa shape index (κ3) is 4.49. The van der Waals surface area contributed by atoms with E-state index in [-0.39, 0.29) is 11.9 Å². The number of thioether (sulfide) groups is 1. The molecule has 1 atom stereocenters. The fraction of sp³-hybridized carbons (Fsp3) is 0.222. The van der Waals surface area contributed by atoms with E-state index in [1.807, 2.05) is 49.4 Å². The Bertz CT molecular complexity index is 771. The molecule has 4 nitrogen and oxygen atoms in total. The molecule has 3 rings (SSSR count). The van der Waals surface area contributed by atoms with Gasteiger partial charge in [0.15, 0.2) is 5.13 Å². The Hall–Kier alpha value is -2.05. The summed E-state index contributed by atoms with van der Waals surface area (Å²) in [6.45, 7) is 2.50. The second kappa shape index (κ2) is 8.17. The molecule has 0 fully saturated rings. The Morgan fingerprint density at radius 2 is 1.92 bits per heavy atom. The first-order valence-electron chi connectivity index (χ1n) is 7.80. The summed E-state index contributed by atoms with van der Waals surface area (Å²) in [5, 5.41) is 6.91. The average molecular weight is 358 g/mol. The van der Waals surface area contributed by atoms with Crippen LogP contribution in [0.4, 0.5) is 5.13 Å². The lowest BCUT2D eigenvalue weighted by atomic mass is 10.3. The van der Waals surface area contributed by atoms with E-state index in [0.717, 1.165) is 21.1 Å². The molecule has 6 heteroatoms. The number of carbonyl (C=O) groups is 1.